The lowest BCUT2D eigenvalue weighted by atomic mass is 9.82. The number of ether oxygens (including phenoxy) is 1. The van der Waals surface area contributed by atoms with Crippen molar-refractivity contribution < 1.29 is 4.74 Å². The zero-order chi connectivity index (χ0) is 14.6. The van der Waals surface area contributed by atoms with Crippen molar-refractivity contribution in [1.82, 2.24) is 5.32 Å². The average Bonchev–Trinajstić information content (AvgIpc) is 2.47. The van der Waals surface area contributed by atoms with E-state index >= 15 is 0 Å². The van der Waals surface area contributed by atoms with Gasteiger partial charge in [0.1, 0.15) is 5.75 Å². The quantitative estimate of drug-likeness (QED) is 0.786. The van der Waals surface area contributed by atoms with Gasteiger partial charge in [-0.3, -0.25) is 0 Å². The minimum Gasteiger partial charge on any atom is -0.492 e. The van der Waals surface area contributed by atoms with Crippen LogP contribution in [0.5, 0.6) is 5.75 Å². The summed E-state index contributed by atoms with van der Waals surface area (Å²) < 4.78 is 7.08. The fourth-order valence-electron chi connectivity index (χ4n) is 2.50. The highest BCUT2D eigenvalue weighted by Gasteiger charge is 2.19. The molecule has 21 heavy (non-hydrogen) atoms. The Balaban J connectivity index is 0.00000220. The lowest BCUT2D eigenvalue weighted by Gasteiger charge is -2.25. The van der Waals surface area contributed by atoms with E-state index in [1.54, 1.807) is 0 Å². The Kier molecular flexibility index (Phi) is 7.52. The third-order valence-corrected chi connectivity index (χ3v) is 5.15. The number of piperidine rings is 1. The molecule has 0 amide bonds. The molecule has 1 fully saturated rings. The van der Waals surface area contributed by atoms with Crippen LogP contribution >= 0.6 is 28.3 Å². The molecule has 2 nitrogen and oxygen atoms in total. The summed E-state index contributed by atoms with van der Waals surface area (Å²) in [6.45, 7) is 9.87. The minimum absolute atomic E-state index is 0. The molecule has 1 aliphatic rings. The Bertz CT molecular complexity index is 444. The predicted molar refractivity (Wildman–Crippen MR) is 95.8 cm³/mol. The molecule has 1 aromatic carbocycles. The van der Waals surface area contributed by atoms with Crippen LogP contribution in [0.4, 0.5) is 0 Å². The number of halogens is 2. The number of benzene rings is 1. The first-order valence-electron chi connectivity index (χ1n) is 7.66. The molecule has 1 N–H and O–H groups in total. The van der Waals surface area contributed by atoms with Crippen molar-refractivity contribution in [2.24, 2.45) is 5.92 Å². The van der Waals surface area contributed by atoms with Gasteiger partial charge in [-0.2, -0.15) is 0 Å². The fraction of sp³-hybridized carbons (Fsp3) is 0.647. The maximum absolute atomic E-state index is 6.00. The van der Waals surface area contributed by atoms with E-state index in [0.29, 0.717) is 5.92 Å². The maximum atomic E-state index is 6.00. The summed E-state index contributed by atoms with van der Waals surface area (Å²) in [5.74, 6) is 1.66. The van der Waals surface area contributed by atoms with Crippen molar-refractivity contribution >= 4 is 28.3 Å². The monoisotopic (exact) mass is 375 g/mol. The maximum Gasteiger partial charge on any atom is 0.133 e. The summed E-state index contributed by atoms with van der Waals surface area (Å²) in [6, 6.07) is 6.52. The van der Waals surface area contributed by atoms with Gasteiger partial charge in [0.15, 0.2) is 0 Å². The van der Waals surface area contributed by atoms with Crippen molar-refractivity contribution in [3.05, 3.63) is 28.2 Å². The molecule has 0 atom stereocenters. The van der Waals surface area contributed by atoms with Gasteiger partial charge in [0.25, 0.3) is 0 Å². The third kappa shape index (κ3) is 5.15. The molecule has 1 aliphatic heterocycles. The van der Waals surface area contributed by atoms with Crippen LogP contribution < -0.4 is 10.1 Å². The van der Waals surface area contributed by atoms with E-state index in [2.05, 4.69) is 60.2 Å². The van der Waals surface area contributed by atoms with Crippen LogP contribution in [0.25, 0.3) is 0 Å². The van der Waals surface area contributed by atoms with E-state index in [4.69, 9.17) is 4.74 Å². The molecule has 1 heterocycles. The van der Waals surface area contributed by atoms with E-state index in [1.807, 2.05) is 0 Å². The number of hydrogen-bond donors (Lipinski definition) is 1. The molecule has 2 rings (SSSR count). The molecule has 1 saturated heterocycles. The number of hydrogen-bond acceptors (Lipinski definition) is 2. The van der Waals surface area contributed by atoms with Crippen LogP contribution in [0.3, 0.4) is 0 Å². The van der Waals surface area contributed by atoms with Gasteiger partial charge in [-0.15, -0.1) is 12.4 Å². The van der Waals surface area contributed by atoms with E-state index < -0.39 is 0 Å². The Hall–Kier alpha value is -0.250. The SMILES string of the molecule is CCC(C)(C)c1ccc(OCC2CCNCC2)c(Br)c1.Cl. The van der Waals surface area contributed by atoms with Gasteiger partial charge >= 0.3 is 0 Å². The first-order valence-corrected chi connectivity index (χ1v) is 8.46. The smallest absolute Gasteiger partial charge is 0.133 e. The molecular formula is C17H27BrClNO. The van der Waals surface area contributed by atoms with E-state index in [1.165, 1.54) is 18.4 Å². The second-order valence-corrected chi connectivity index (χ2v) is 7.24. The van der Waals surface area contributed by atoms with Crippen LogP contribution in [0.2, 0.25) is 0 Å². The van der Waals surface area contributed by atoms with Crippen LogP contribution in [-0.2, 0) is 5.41 Å². The molecule has 0 bridgehead atoms. The zero-order valence-corrected chi connectivity index (χ0v) is 15.6. The molecule has 0 aromatic heterocycles. The molecular weight excluding hydrogens is 350 g/mol. The van der Waals surface area contributed by atoms with E-state index in [0.717, 1.165) is 36.3 Å². The molecule has 0 radical (unpaired) electrons. The highest BCUT2D eigenvalue weighted by Crippen LogP contribution is 2.33. The van der Waals surface area contributed by atoms with Crippen molar-refractivity contribution in [2.45, 2.75) is 45.4 Å². The normalized spacial score (nSPS) is 16.4. The van der Waals surface area contributed by atoms with Gasteiger partial charge in [0, 0.05) is 0 Å². The third-order valence-electron chi connectivity index (χ3n) is 4.53. The van der Waals surface area contributed by atoms with Crippen molar-refractivity contribution in [1.29, 1.82) is 0 Å². The van der Waals surface area contributed by atoms with Crippen LogP contribution in [-0.4, -0.2) is 19.7 Å². The Morgan fingerprint density at radius 1 is 1.29 bits per heavy atom. The summed E-state index contributed by atoms with van der Waals surface area (Å²) in [5.41, 5.74) is 1.58. The summed E-state index contributed by atoms with van der Waals surface area (Å²) in [4.78, 5) is 0. The minimum atomic E-state index is 0. The molecule has 4 heteroatoms. The number of nitrogens with one attached hydrogen (secondary N) is 1. The lowest BCUT2D eigenvalue weighted by molar-refractivity contribution is 0.214. The fourth-order valence-corrected chi connectivity index (χ4v) is 2.99. The summed E-state index contributed by atoms with van der Waals surface area (Å²) in [5, 5.41) is 3.39. The van der Waals surface area contributed by atoms with Crippen molar-refractivity contribution in [3.8, 4) is 5.75 Å². The molecule has 120 valence electrons. The highest BCUT2D eigenvalue weighted by molar-refractivity contribution is 9.10. The standard InChI is InChI=1S/C17H26BrNO.ClH/c1-4-17(2,3)14-5-6-16(15(18)11-14)20-12-13-7-9-19-10-8-13;/h5-6,11,13,19H,4,7-10,12H2,1-3H3;1H. The topological polar surface area (TPSA) is 21.3 Å². The summed E-state index contributed by atoms with van der Waals surface area (Å²) >= 11 is 3.66. The molecule has 0 spiro atoms. The van der Waals surface area contributed by atoms with Crippen LogP contribution in [0, 0.1) is 5.92 Å². The molecule has 0 saturated carbocycles. The zero-order valence-electron chi connectivity index (χ0n) is 13.2. The summed E-state index contributed by atoms with van der Waals surface area (Å²) in [6.07, 6.45) is 3.58. The molecule has 0 aliphatic carbocycles. The van der Waals surface area contributed by atoms with E-state index in [-0.39, 0.29) is 17.8 Å². The van der Waals surface area contributed by atoms with Crippen molar-refractivity contribution in [2.75, 3.05) is 19.7 Å². The highest BCUT2D eigenvalue weighted by atomic mass is 79.9. The summed E-state index contributed by atoms with van der Waals surface area (Å²) in [7, 11) is 0. The second-order valence-electron chi connectivity index (χ2n) is 6.39. The van der Waals surface area contributed by atoms with Gasteiger partial charge in [0.2, 0.25) is 0 Å². The van der Waals surface area contributed by atoms with Crippen molar-refractivity contribution in [3.63, 3.8) is 0 Å². The van der Waals surface area contributed by atoms with Gasteiger partial charge in [-0.1, -0.05) is 26.8 Å². The number of rotatable bonds is 5. The van der Waals surface area contributed by atoms with E-state index in [9.17, 15) is 0 Å². The van der Waals surface area contributed by atoms with Gasteiger partial charge in [0.05, 0.1) is 11.1 Å². The van der Waals surface area contributed by atoms with Crippen LogP contribution in [0.1, 0.15) is 45.6 Å². The van der Waals surface area contributed by atoms with Gasteiger partial charge < -0.3 is 10.1 Å². The lowest BCUT2D eigenvalue weighted by Crippen LogP contribution is -2.30. The average molecular weight is 377 g/mol. The largest absolute Gasteiger partial charge is 0.492 e. The Morgan fingerprint density at radius 2 is 1.95 bits per heavy atom. The second kappa shape index (κ2) is 8.40. The van der Waals surface area contributed by atoms with Crippen LogP contribution in [0.15, 0.2) is 22.7 Å². The predicted octanol–water partition coefficient (Wildman–Crippen LogP) is 4.94. The first-order chi connectivity index (χ1) is 9.53. The van der Waals surface area contributed by atoms with Gasteiger partial charge in [-0.25, -0.2) is 0 Å². The first kappa shape index (κ1) is 18.8. The molecule has 0 unspecified atom stereocenters. The van der Waals surface area contributed by atoms with Gasteiger partial charge in [-0.05, 0) is 77.3 Å². The Labute approximate surface area is 143 Å². The molecule has 1 aromatic rings. The Morgan fingerprint density at radius 3 is 2.52 bits per heavy atom.